The maximum Gasteiger partial charge on any atom is 0.192 e. The Balaban J connectivity index is 1.52. The van der Waals surface area contributed by atoms with Crippen LogP contribution in [-0.4, -0.2) is 52.0 Å². The second kappa shape index (κ2) is 9.21. The van der Waals surface area contributed by atoms with Crippen LogP contribution < -0.4 is 14.5 Å². The number of imidazole rings is 1. The van der Waals surface area contributed by atoms with Gasteiger partial charge in [-0.1, -0.05) is 30.2 Å². The Kier molecular flexibility index (Phi) is 6.12. The summed E-state index contributed by atoms with van der Waals surface area (Å²) in [6, 6.07) is 12.7. The molecule has 4 aromatic rings. The smallest absolute Gasteiger partial charge is 0.192 e. The number of benzene rings is 1. The van der Waals surface area contributed by atoms with Gasteiger partial charge in [0.25, 0.3) is 0 Å². The standard InChI is InChI=1S/C23H23FN8S2/c1-4-17-22(32-19(26-17)9-10-20(28-32)31-12-16(13-31)29-33-3)30(2)23-27-21(18(11-25)34-23)14-5-7-15(24)8-6-14/h5-10,16,29H,4,12-13H2,1-3H3. The van der Waals surface area contributed by atoms with Crippen LogP contribution in [-0.2, 0) is 6.42 Å². The molecule has 11 heteroatoms. The summed E-state index contributed by atoms with van der Waals surface area (Å²) in [5.74, 6) is 1.39. The third-order valence-corrected chi connectivity index (χ3v) is 7.38. The zero-order valence-corrected chi connectivity index (χ0v) is 20.6. The Morgan fingerprint density at radius 3 is 2.68 bits per heavy atom. The number of nitrogens with zero attached hydrogens (tertiary/aromatic N) is 7. The molecule has 0 unspecified atom stereocenters. The number of anilines is 3. The van der Waals surface area contributed by atoms with E-state index >= 15 is 0 Å². The first kappa shape index (κ1) is 22.6. The van der Waals surface area contributed by atoms with E-state index in [1.54, 1.807) is 24.1 Å². The van der Waals surface area contributed by atoms with Crippen LogP contribution in [0, 0.1) is 17.1 Å². The lowest BCUT2D eigenvalue weighted by molar-refractivity contribution is 0.486. The van der Waals surface area contributed by atoms with Crippen LogP contribution in [0.15, 0.2) is 36.4 Å². The topological polar surface area (TPSA) is 85.4 Å². The van der Waals surface area contributed by atoms with Crippen molar-refractivity contribution >= 4 is 45.7 Å². The predicted molar refractivity (Wildman–Crippen MR) is 135 cm³/mol. The molecule has 1 aromatic carbocycles. The van der Waals surface area contributed by atoms with Gasteiger partial charge in [-0.25, -0.2) is 14.4 Å². The normalized spacial score (nSPS) is 13.8. The number of rotatable bonds is 7. The average molecular weight is 495 g/mol. The molecular weight excluding hydrogens is 471 g/mol. The van der Waals surface area contributed by atoms with Crippen molar-refractivity contribution in [2.24, 2.45) is 0 Å². The molecule has 0 atom stereocenters. The molecule has 0 saturated carbocycles. The molecule has 34 heavy (non-hydrogen) atoms. The molecular formula is C23H23FN8S2. The molecule has 1 N–H and O–H groups in total. The van der Waals surface area contributed by atoms with Gasteiger partial charge in [-0.3, -0.25) is 4.72 Å². The van der Waals surface area contributed by atoms with Gasteiger partial charge in [-0.05, 0) is 49.1 Å². The number of nitriles is 1. The predicted octanol–water partition coefficient (Wildman–Crippen LogP) is 4.25. The van der Waals surface area contributed by atoms with Crippen molar-refractivity contribution in [1.82, 2.24) is 24.3 Å². The lowest BCUT2D eigenvalue weighted by Crippen LogP contribution is -2.56. The molecule has 0 aliphatic carbocycles. The highest BCUT2D eigenvalue weighted by molar-refractivity contribution is 7.96. The van der Waals surface area contributed by atoms with Crippen LogP contribution >= 0.6 is 23.3 Å². The summed E-state index contributed by atoms with van der Waals surface area (Å²) in [6.07, 6.45) is 2.76. The van der Waals surface area contributed by atoms with Crippen molar-refractivity contribution in [2.45, 2.75) is 19.4 Å². The molecule has 5 rings (SSSR count). The van der Waals surface area contributed by atoms with Gasteiger partial charge in [0.15, 0.2) is 16.6 Å². The minimum atomic E-state index is -0.326. The summed E-state index contributed by atoms with van der Waals surface area (Å²) >= 11 is 2.93. The van der Waals surface area contributed by atoms with Crippen LogP contribution in [0.5, 0.6) is 0 Å². The molecule has 0 radical (unpaired) electrons. The second-order valence-corrected chi connectivity index (χ2v) is 9.59. The SMILES string of the molecule is CCc1nc2ccc(N3CC(NSC)C3)nn2c1N(C)c1nc(-c2ccc(F)cc2)c(C#N)s1. The molecule has 0 bridgehead atoms. The Hall–Kier alpha value is -3.20. The lowest BCUT2D eigenvalue weighted by Gasteiger charge is -2.39. The highest BCUT2D eigenvalue weighted by Gasteiger charge is 2.28. The van der Waals surface area contributed by atoms with E-state index in [2.05, 4.69) is 22.6 Å². The van der Waals surface area contributed by atoms with Gasteiger partial charge in [0.05, 0.1) is 11.7 Å². The summed E-state index contributed by atoms with van der Waals surface area (Å²) in [6.45, 7) is 3.86. The van der Waals surface area contributed by atoms with E-state index in [4.69, 9.17) is 15.1 Å². The van der Waals surface area contributed by atoms with E-state index in [9.17, 15) is 9.65 Å². The number of aromatic nitrogens is 4. The van der Waals surface area contributed by atoms with Crippen LogP contribution in [0.3, 0.4) is 0 Å². The van der Waals surface area contributed by atoms with E-state index < -0.39 is 0 Å². The lowest BCUT2D eigenvalue weighted by atomic mass is 10.1. The van der Waals surface area contributed by atoms with E-state index in [1.807, 2.05) is 34.9 Å². The largest absolute Gasteiger partial charge is 0.352 e. The van der Waals surface area contributed by atoms with Gasteiger partial charge in [0.2, 0.25) is 0 Å². The Morgan fingerprint density at radius 2 is 2.00 bits per heavy atom. The van der Waals surface area contributed by atoms with E-state index in [1.165, 1.54) is 23.5 Å². The first-order valence-corrected chi connectivity index (χ1v) is 12.9. The summed E-state index contributed by atoms with van der Waals surface area (Å²) in [5, 5.41) is 15.3. The number of hydrogen-bond donors (Lipinski definition) is 1. The van der Waals surface area contributed by atoms with Crippen molar-refractivity contribution in [1.29, 1.82) is 5.26 Å². The summed E-state index contributed by atoms with van der Waals surface area (Å²) in [4.78, 5) is 14.2. The molecule has 174 valence electrons. The highest BCUT2D eigenvalue weighted by Crippen LogP contribution is 2.37. The molecule has 1 aliphatic heterocycles. The molecule has 8 nitrogen and oxygen atoms in total. The molecule has 1 fully saturated rings. The number of halogens is 1. The van der Waals surface area contributed by atoms with E-state index in [0.29, 0.717) is 27.3 Å². The van der Waals surface area contributed by atoms with Crippen LogP contribution in [0.1, 0.15) is 17.5 Å². The minimum absolute atomic E-state index is 0.326. The van der Waals surface area contributed by atoms with Gasteiger partial charge in [0, 0.05) is 25.7 Å². The number of fused-ring (bicyclic) bond motifs is 1. The number of aryl methyl sites for hydroxylation is 1. The summed E-state index contributed by atoms with van der Waals surface area (Å²) < 4.78 is 18.6. The van der Waals surface area contributed by atoms with Crippen molar-refractivity contribution in [3.8, 4) is 17.3 Å². The monoisotopic (exact) mass is 494 g/mol. The van der Waals surface area contributed by atoms with E-state index in [-0.39, 0.29) is 5.82 Å². The van der Waals surface area contributed by atoms with Crippen LogP contribution in [0.25, 0.3) is 16.9 Å². The quantitative estimate of drug-likeness (QED) is 0.382. The molecule has 0 spiro atoms. The van der Waals surface area contributed by atoms with Crippen molar-refractivity contribution in [3.63, 3.8) is 0 Å². The third-order valence-electron chi connectivity index (χ3n) is 5.77. The Labute approximate surface area is 205 Å². The molecule has 3 aromatic heterocycles. The zero-order chi connectivity index (χ0) is 23.8. The third kappa shape index (κ3) is 3.98. The van der Waals surface area contributed by atoms with Crippen molar-refractivity contribution in [3.05, 3.63) is 52.8 Å². The zero-order valence-electron chi connectivity index (χ0n) is 19.0. The number of thiazole rings is 1. The fourth-order valence-corrected chi connectivity index (χ4v) is 5.36. The average Bonchev–Trinajstić information content (AvgIpc) is 3.42. The molecule has 1 saturated heterocycles. The molecule has 0 amide bonds. The summed E-state index contributed by atoms with van der Waals surface area (Å²) in [7, 11) is 1.91. The van der Waals surface area contributed by atoms with Crippen LogP contribution in [0.2, 0.25) is 0 Å². The highest BCUT2D eigenvalue weighted by atomic mass is 32.2. The Bertz CT molecular complexity index is 1370. The fourth-order valence-electron chi connectivity index (χ4n) is 4.03. The number of hydrogen-bond acceptors (Lipinski definition) is 9. The van der Waals surface area contributed by atoms with Gasteiger partial charge < -0.3 is 9.80 Å². The van der Waals surface area contributed by atoms with Crippen molar-refractivity contribution in [2.75, 3.05) is 36.2 Å². The van der Waals surface area contributed by atoms with Gasteiger partial charge in [0.1, 0.15) is 28.3 Å². The first-order valence-electron chi connectivity index (χ1n) is 10.8. The second-order valence-electron chi connectivity index (χ2n) is 7.97. The van der Waals surface area contributed by atoms with Crippen molar-refractivity contribution < 1.29 is 4.39 Å². The van der Waals surface area contributed by atoms with Crippen LogP contribution in [0.4, 0.5) is 21.2 Å². The molecule has 4 heterocycles. The Morgan fingerprint density at radius 1 is 1.24 bits per heavy atom. The minimum Gasteiger partial charge on any atom is -0.352 e. The fraction of sp³-hybridized carbons (Fsp3) is 0.304. The van der Waals surface area contributed by atoms with E-state index in [0.717, 1.165) is 42.5 Å². The first-order chi connectivity index (χ1) is 16.5. The summed E-state index contributed by atoms with van der Waals surface area (Å²) in [5.41, 5.74) is 2.91. The maximum absolute atomic E-state index is 13.4. The molecule has 1 aliphatic rings. The van der Waals surface area contributed by atoms with Gasteiger partial charge >= 0.3 is 0 Å². The number of nitrogens with one attached hydrogen (secondary N) is 1. The maximum atomic E-state index is 13.4. The van der Waals surface area contributed by atoms with Gasteiger partial charge in [-0.2, -0.15) is 9.78 Å². The van der Waals surface area contributed by atoms with Gasteiger partial charge in [-0.15, -0.1) is 5.10 Å².